The fraction of sp³-hybridized carbons (Fsp3) is 0.103. The van der Waals surface area contributed by atoms with Gasteiger partial charge in [0.05, 0.1) is 12.2 Å². The maximum absolute atomic E-state index is 12.2. The van der Waals surface area contributed by atoms with Crippen molar-refractivity contribution in [2.75, 3.05) is 6.61 Å². The van der Waals surface area contributed by atoms with E-state index in [1.54, 1.807) is 11.1 Å². The van der Waals surface area contributed by atoms with E-state index in [2.05, 4.69) is 57.3 Å². The van der Waals surface area contributed by atoms with E-state index in [4.69, 9.17) is 4.74 Å². The monoisotopic (exact) mass is 528 g/mol. The van der Waals surface area contributed by atoms with Gasteiger partial charge in [-0.25, -0.2) is 4.79 Å². The minimum Gasteiger partial charge on any atom is -0.357 e. The highest BCUT2D eigenvalue weighted by Gasteiger charge is 2.37. The van der Waals surface area contributed by atoms with E-state index in [-0.39, 0.29) is 0 Å². The van der Waals surface area contributed by atoms with Crippen LogP contribution in [-0.4, -0.2) is 16.2 Å². The minimum atomic E-state index is -0.809. The van der Waals surface area contributed by atoms with Gasteiger partial charge in [0.25, 0.3) is 5.56 Å². The van der Waals surface area contributed by atoms with Crippen molar-refractivity contribution in [2.24, 2.45) is 0 Å². The van der Waals surface area contributed by atoms with Gasteiger partial charge in [-0.05, 0) is 27.8 Å². The summed E-state index contributed by atoms with van der Waals surface area (Å²) >= 11 is 3.16. The molecule has 5 nitrogen and oxygen atoms in total. The van der Waals surface area contributed by atoms with Gasteiger partial charge in [0, 0.05) is 12.7 Å². The van der Waals surface area contributed by atoms with Crippen molar-refractivity contribution in [3.05, 3.63) is 157 Å². The molecule has 3 aromatic carbocycles. The number of H-pyrrole nitrogens is 1. The highest BCUT2D eigenvalue weighted by Crippen LogP contribution is 2.40. The Morgan fingerprint density at radius 1 is 0.800 bits per heavy atom. The Morgan fingerprint density at radius 2 is 1.31 bits per heavy atom. The molecule has 0 aliphatic carbocycles. The van der Waals surface area contributed by atoms with E-state index in [9.17, 15) is 9.59 Å². The van der Waals surface area contributed by atoms with Crippen LogP contribution in [0, 0.1) is 0 Å². The molecular formula is C29H25BrN2O3. The molecular weight excluding hydrogens is 504 g/mol. The summed E-state index contributed by atoms with van der Waals surface area (Å²) in [5.74, 6) is 0. The smallest absolute Gasteiger partial charge is 0.328 e. The molecule has 4 rings (SSSR count). The third kappa shape index (κ3) is 5.50. The second-order valence-corrected chi connectivity index (χ2v) is 8.38. The molecule has 6 heteroatoms. The maximum atomic E-state index is 12.2. The third-order valence-corrected chi connectivity index (χ3v) is 5.95. The van der Waals surface area contributed by atoms with Crippen molar-refractivity contribution in [2.45, 2.75) is 12.1 Å². The topological polar surface area (TPSA) is 64.1 Å². The van der Waals surface area contributed by atoms with E-state index in [1.807, 2.05) is 66.7 Å². The molecule has 0 unspecified atom stereocenters. The number of nitrogens with one attached hydrogen (secondary N) is 1. The maximum Gasteiger partial charge on any atom is 0.328 e. The van der Waals surface area contributed by atoms with E-state index in [0.29, 0.717) is 18.7 Å². The number of hydrogen-bond acceptors (Lipinski definition) is 3. The van der Waals surface area contributed by atoms with Crippen LogP contribution in [-0.2, 0) is 16.9 Å². The summed E-state index contributed by atoms with van der Waals surface area (Å²) in [5, 5.41) is 0. The first-order valence-corrected chi connectivity index (χ1v) is 12.1. The van der Waals surface area contributed by atoms with Gasteiger partial charge in [-0.3, -0.25) is 14.3 Å². The average molecular weight is 529 g/mol. The fourth-order valence-corrected chi connectivity index (χ4v) is 4.33. The summed E-state index contributed by atoms with van der Waals surface area (Å²) in [4.78, 5) is 28.0. The van der Waals surface area contributed by atoms with Gasteiger partial charge >= 0.3 is 5.69 Å². The SMILES string of the molecule is O=c1[nH]c(=O)n(CC=CCOC(c2ccccc2)(c2ccccc2)c2ccccc2)cc1C=CBr. The highest BCUT2D eigenvalue weighted by molar-refractivity contribution is 9.11. The van der Waals surface area contributed by atoms with Crippen LogP contribution in [0.5, 0.6) is 0 Å². The van der Waals surface area contributed by atoms with Gasteiger partial charge in [0.2, 0.25) is 0 Å². The summed E-state index contributed by atoms with van der Waals surface area (Å²) < 4.78 is 8.13. The van der Waals surface area contributed by atoms with Crippen LogP contribution >= 0.6 is 15.9 Å². The largest absolute Gasteiger partial charge is 0.357 e. The summed E-state index contributed by atoms with van der Waals surface area (Å²) in [6, 6.07) is 30.5. The predicted octanol–water partition coefficient (Wildman–Crippen LogP) is 5.47. The summed E-state index contributed by atoms with van der Waals surface area (Å²) in [6.07, 6.45) is 6.87. The zero-order chi connectivity index (χ0) is 24.5. The zero-order valence-electron chi connectivity index (χ0n) is 19.0. The lowest BCUT2D eigenvalue weighted by Gasteiger charge is -2.35. The Labute approximate surface area is 212 Å². The van der Waals surface area contributed by atoms with Crippen molar-refractivity contribution in [1.29, 1.82) is 0 Å². The average Bonchev–Trinajstić information content (AvgIpc) is 2.90. The molecule has 0 amide bonds. The lowest BCUT2D eigenvalue weighted by Crippen LogP contribution is -2.33. The van der Waals surface area contributed by atoms with E-state index in [0.717, 1.165) is 16.7 Å². The number of aromatic amines is 1. The first kappa shape index (κ1) is 24.4. The predicted molar refractivity (Wildman–Crippen MR) is 144 cm³/mol. The minimum absolute atomic E-state index is 0.303. The van der Waals surface area contributed by atoms with Crippen LogP contribution in [0.1, 0.15) is 22.3 Å². The van der Waals surface area contributed by atoms with Crippen molar-refractivity contribution in [3.8, 4) is 0 Å². The molecule has 0 aliphatic heterocycles. The molecule has 0 atom stereocenters. The van der Waals surface area contributed by atoms with Crippen LogP contribution in [0.4, 0.5) is 0 Å². The normalized spacial score (nSPS) is 11.9. The summed E-state index contributed by atoms with van der Waals surface area (Å²) in [5.41, 5.74) is 1.77. The molecule has 0 aliphatic rings. The van der Waals surface area contributed by atoms with Crippen molar-refractivity contribution < 1.29 is 4.74 Å². The lowest BCUT2D eigenvalue weighted by molar-refractivity contribution is 0.0318. The third-order valence-electron chi connectivity index (χ3n) is 5.69. The van der Waals surface area contributed by atoms with Crippen molar-refractivity contribution >= 4 is 22.0 Å². The molecule has 1 aromatic heterocycles. The van der Waals surface area contributed by atoms with Crippen LogP contribution < -0.4 is 11.2 Å². The van der Waals surface area contributed by atoms with Crippen LogP contribution in [0.3, 0.4) is 0 Å². The van der Waals surface area contributed by atoms with Crippen molar-refractivity contribution in [1.82, 2.24) is 9.55 Å². The summed E-state index contributed by atoms with van der Waals surface area (Å²) in [6.45, 7) is 0.613. The molecule has 0 saturated heterocycles. The van der Waals surface area contributed by atoms with Gasteiger partial charge < -0.3 is 4.74 Å². The Hall–Kier alpha value is -3.74. The second kappa shape index (κ2) is 11.6. The highest BCUT2D eigenvalue weighted by atomic mass is 79.9. The number of benzene rings is 3. The van der Waals surface area contributed by atoms with Gasteiger partial charge in [-0.1, -0.05) is 119 Å². The Morgan fingerprint density at radius 3 is 1.80 bits per heavy atom. The Balaban J connectivity index is 1.64. The van der Waals surface area contributed by atoms with Crippen LogP contribution in [0.15, 0.2) is 124 Å². The molecule has 1 N–H and O–H groups in total. The Kier molecular flexibility index (Phi) is 8.08. The number of ether oxygens (including phenoxy) is 1. The Bertz CT molecular complexity index is 1310. The van der Waals surface area contributed by atoms with E-state index in [1.165, 1.54) is 10.8 Å². The number of aromatic nitrogens is 2. The number of rotatable bonds is 9. The van der Waals surface area contributed by atoms with Gasteiger partial charge in [0.1, 0.15) is 5.60 Å². The summed E-state index contributed by atoms with van der Waals surface area (Å²) in [7, 11) is 0. The fourth-order valence-electron chi connectivity index (χ4n) is 4.05. The van der Waals surface area contributed by atoms with Gasteiger partial charge in [-0.2, -0.15) is 0 Å². The molecule has 176 valence electrons. The standard InChI is InChI=1S/C29H25BrN2O3/c30-19-18-23-22-32(28(34)31-27(23)33)20-10-11-21-35-29(24-12-4-1-5-13-24,25-14-6-2-7-15-25)26-16-8-3-9-17-26/h1-19,22H,20-21H2,(H,31,33,34). The molecule has 1 heterocycles. The molecule has 35 heavy (non-hydrogen) atoms. The molecule has 0 fully saturated rings. The van der Waals surface area contributed by atoms with E-state index >= 15 is 0 Å². The number of halogens is 1. The number of hydrogen-bond donors (Lipinski definition) is 1. The first-order valence-electron chi connectivity index (χ1n) is 11.2. The lowest BCUT2D eigenvalue weighted by atomic mass is 9.80. The molecule has 0 spiro atoms. The molecule has 0 bridgehead atoms. The zero-order valence-corrected chi connectivity index (χ0v) is 20.6. The molecule has 0 radical (unpaired) electrons. The van der Waals surface area contributed by atoms with Crippen LogP contribution in [0.25, 0.3) is 6.08 Å². The van der Waals surface area contributed by atoms with E-state index < -0.39 is 16.9 Å². The van der Waals surface area contributed by atoms with Gasteiger partial charge in [0.15, 0.2) is 0 Å². The molecule has 4 aromatic rings. The quantitative estimate of drug-likeness (QED) is 0.231. The van der Waals surface area contributed by atoms with Crippen molar-refractivity contribution in [3.63, 3.8) is 0 Å². The second-order valence-electron chi connectivity index (χ2n) is 7.85. The number of allylic oxidation sites excluding steroid dienone is 1. The molecule has 0 saturated carbocycles. The first-order chi connectivity index (χ1) is 17.1. The number of nitrogens with zero attached hydrogens (tertiary/aromatic N) is 1. The van der Waals surface area contributed by atoms with Crippen LogP contribution in [0.2, 0.25) is 0 Å². The van der Waals surface area contributed by atoms with Gasteiger partial charge in [-0.15, -0.1) is 0 Å².